The summed E-state index contributed by atoms with van der Waals surface area (Å²) in [6.07, 6.45) is 5.85. The monoisotopic (exact) mass is 256 g/mol. The van der Waals surface area contributed by atoms with Crippen LogP contribution in [0.15, 0.2) is 0 Å². The molecular formula is C14H28N2O2. The summed E-state index contributed by atoms with van der Waals surface area (Å²) in [5, 5.41) is 15.7. The van der Waals surface area contributed by atoms with Crippen molar-refractivity contribution in [1.29, 1.82) is 0 Å². The van der Waals surface area contributed by atoms with Crippen molar-refractivity contribution in [3.05, 3.63) is 0 Å². The highest BCUT2D eigenvalue weighted by Gasteiger charge is 2.25. The van der Waals surface area contributed by atoms with Gasteiger partial charge in [-0.05, 0) is 25.8 Å². The summed E-state index contributed by atoms with van der Waals surface area (Å²) in [5.41, 5.74) is 0. The van der Waals surface area contributed by atoms with E-state index in [2.05, 4.69) is 24.5 Å². The molecule has 3 N–H and O–H groups in total. The minimum absolute atomic E-state index is 0.130. The van der Waals surface area contributed by atoms with E-state index in [4.69, 9.17) is 0 Å². The lowest BCUT2D eigenvalue weighted by atomic mass is 9.85. The van der Waals surface area contributed by atoms with Crippen molar-refractivity contribution in [2.75, 3.05) is 13.2 Å². The van der Waals surface area contributed by atoms with E-state index in [0.29, 0.717) is 12.5 Å². The molecule has 18 heavy (non-hydrogen) atoms. The lowest BCUT2D eigenvalue weighted by molar-refractivity contribution is -0.122. The van der Waals surface area contributed by atoms with Crippen LogP contribution < -0.4 is 10.6 Å². The predicted octanol–water partition coefficient (Wildman–Crippen LogP) is 1.43. The third kappa shape index (κ3) is 5.83. The molecule has 0 radical (unpaired) electrons. The number of amides is 1. The first-order valence-electron chi connectivity index (χ1n) is 7.27. The molecule has 1 aliphatic rings. The smallest absolute Gasteiger partial charge is 0.220 e. The second-order valence-electron chi connectivity index (χ2n) is 5.61. The third-order valence-corrected chi connectivity index (χ3v) is 3.62. The number of carbonyl (C=O) groups is 1. The Morgan fingerprint density at radius 2 is 2.06 bits per heavy atom. The lowest BCUT2D eigenvalue weighted by Gasteiger charge is -2.30. The van der Waals surface area contributed by atoms with Gasteiger partial charge in [-0.25, -0.2) is 0 Å². The van der Waals surface area contributed by atoms with Crippen LogP contribution in [-0.2, 0) is 4.79 Å². The Bertz CT molecular complexity index is 244. The van der Waals surface area contributed by atoms with Crippen LogP contribution in [0.3, 0.4) is 0 Å². The van der Waals surface area contributed by atoms with E-state index >= 15 is 0 Å². The van der Waals surface area contributed by atoms with Crippen molar-refractivity contribution < 1.29 is 9.90 Å². The van der Waals surface area contributed by atoms with Crippen molar-refractivity contribution in [2.45, 2.75) is 64.5 Å². The molecule has 0 aromatic carbocycles. The van der Waals surface area contributed by atoms with Crippen LogP contribution in [0, 0.1) is 5.92 Å². The molecule has 0 bridgehead atoms. The molecule has 0 heterocycles. The SMILES string of the molecule is CC(C)NCCCC(=O)NC1CCCCC1CO. The molecule has 4 heteroatoms. The first-order chi connectivity index (χ1) is 8.63. The van der Waals surface area contributed by atoms with Gasteiger partial charge in [0.25, 0.3) is 0 Å². The van der Waals surface area contributed by atoms with Crippen LogP contribution in [0.5, 0.6) is 0 Å². The third-order valence-electron chi connectivity index (χ3n) is 3.62. The average Bonchev–Trinajstić information content (AvgIpc) is 2.35. The lowest BCUT2D eigenvalue weighted by Crippen LogP contribution is -2.43. The Balaban J connectivity index is 2.18. The molecule has 0 aromatic rings. The Labute approximate surface area is 111 Å². The zero-order valence-corrected chi connectivity index (χ0v) is 11.7. The van der Waals surface area contributed by atoms with Gasteiger partial charge < -0.3 is 15.7 Å². The summed E-state index contributed by atoms with van der Waals surface area (Å²) in [5.74, 6) is 0.391. The number of aliphatic hydroxyl groups excluding tert-OH is 1. The highest BCUT2D eigenvalue weighted by atomic mass is 16.3. The van der Waals surface area contributed by atoms with Crippen molar-refractivity contribution in [1.82, 2.24) is 10.6 Å². The van der Waals surface area contributed by atoms with E-state index in [9.17, 15) is 9.90 Å². The normalized spacial score (nSPS) is 24.2. The second-order valence-corrected chi connectivity index (χ2v) is 5.61. The fourth-order valence-electron chi connectivity index (χ4n) is 2.53. The summed E-state index contributed by atoms with van der Waals surface area (Å²) in [4.78, 5) is 11.8. The minimum atomic E-state index is 0.130. The van der Waals surface area contributed by atoms with E-state index in [0.717, 1.165) is 32.2 Å². The van der Waals surface area contributed by atoms with Gasteiger partial charge in [0.05, 0.1) is 0 Å². The van der Waals surface area contributed by atoms with Crippen molar-refractivity contribution in [3.8, 4) is 0 Å². The Morgan fingerprint density at radius 3 is 2.72 bits per heavy atom. The van der Waals surface area contributed by atoms with E-state index in [1.807, 2.05) is 0 Å². The van der Waals surface area contributed by atoms with Gasteiger partial charge in [-0.15, -0.1) is 0 Å². The molecule has 106 valence electrons. The van der Waals surface area contributed by atoms with E-state index in [1.165, 1.54) is 6.42 Å². The molecule has 2 atom stereocenters. The summed E-state index contributed by atoms with van der Waals surface area (Å²) in [7, 11) is 0. The standard InChI is InChI=1S/C14H28N2O2/c1-11(2)15-9-5-8-14(18)16-13-7-4-3-6-12(13)10-17/h11-13,15,17H,3-10H2,1-2H3,(H,16,18). The Hall–Kier alpha value is -0.610. The fourth-order valence-corrected chi connectivity index (χ4v) is 2.53. The zero-order chi connectivity index (χ0) is 13.4. The fraction of sp³-hybridized carbons (Fsp3) is 0.929. The van der Waals surface area contributed by atoms with Gasteiger partial charge in [0.2, 0.25) is 5.91 Å². The highest BCUT2D eigenvalue weighted by Crippen LogP contribution is 2.23. The first-order valence-corrected chi connectivity index (χ1v) is 7.27. The van der Waals surface area contributed by atoms with Gasteiger partial charge >= 0.3 is 0 Å². The topological polar surface area (TPSA) is 61.4 Å². The molecule has 4 nitrogen and oxygen atoms in total. The van der Waals surface area contributed by atoms with Crippen molar-refractivity contribution >= 4 is 5.91 Å². The van der Waals surface area contributed by atoms with Crippen molar-refractivity contribution in [3.63, 3.8) is 0 Å². The zero-order valence-electron chi connectivity index (χ0n) is 11.7. The Morgan fingerprint density at radius 1 is 1.33 bits per heavy atom. The molecule has 2 unspecified atom stereocenters. The largest absolute Gasteiger partial charge is 0.396 e. The van der Waals surface area contributed by atoms with E-state index in [-0.39, 0.29) is 24.5 Å². The maximum atomic E-state index is 11.8. The van der Waals surface area contributed by atoms with Gasteiger partial charge in [0.1, 0.15) is 0 Å². The second kappa shape index (κ2) is 8.48. The van der Waals surface area contributed by atoms with Gasteiger partial charge in [-0.2, -0.15) is 0 Å². The summed E-state index contributed by atoms with van der Waals surface area (Å²) >= 11 is 0. The molecule has 1 rings (SSSR count). The maximum absolute atomic E-state index is 11.8. The molecule has 1 aliphatic carbocycles. The molecule has 0 aromatic heterocycles. The summed E-state index contributed by atoms with van der Waals surface area (Å²) < 4.78 is 0. The maximum Gasteiger partial charge on any atom is 0.220 e. The number of nitrogens with one attached hydrogen (secondary N) is 2. The van der Waals surface area contributed by atoms with Crippen LogP contribution in [0.25, 0.3) is 0 Å². The van der Waals surface area contributed by atoms with Gasteiger partial charge in [0.15, 0.2) is 0 Å². The van der Waals surface area contributed by atoms with Crippen molar-refractivity contribution in [2.24, 2.45) is 5.92 Å². The number of aliphatic hydroxyl groups is 1. The van der Waals surface area contributed by atoms with Gasteiger partial charge in [-0.1, -0.05) is 26.7 Å². The molecule has 1 fully saturated rings. The number of carbonyl (C=O) groups excluding carboxylic acids is 1. The van der Waals surface area contributed by atoms with E-state index in [1.54, 1.807) is 0 Å². The minimum Gasteiger partial charge on any atom is -0.396 e. The number of hydrogen-bond donors (Lipinski definition) is 3. The molecule has 1 amide bonds. The first kappa shape index (κ1) is 15.4. The molecule has 0 spiro atoms. The van der Waals surface area contributed by atoms with Crippen LogP contribution in [0.1, 0.15) is 52.4 Å². The van der Waals surface area contributed by atoms with Gasteiger partial charge in [0, 0.05) is 31.0 Å². The summed E-state index contributed by atoms with van der Waals surface area (Å²) in [6, 6.07) is 0.666. The number of rotatable bonds is 7. The highest BCUT2D eigenvalue weighted by molar-refractivity contribution is 5.76. The van der Waals surface area contributed by atoms with Crippen LogP contribution in [0.2, 0.25) is 0 Å². The predicted molar refractivity (Wildman–Crippen MR) is 73.3 cm³/mol. The Kier molecular flexibility index (Phi) is 7.28. The van der Waals surface area contributed by atoms with Gasteiger partial charge in [-0.3, -0.25) is 4.79 Å². The van der Waals surface area contributed by atoms with Crippen LogP contribution in [-0.4, -0.2) is 36.2 Å². The molecule has 0 aliphatic heterocycles. The van der Waals surface area contributed by atoms with Crippen LogP contribution in [0.4, 0.5) is 0 Å². The average molecular weight is 256 g/mol. The van der Waals surface area contributed by atoms with Crippen LogP contribution >= 0.6 is 0 Å². The molecule has 0 saturated heterocycles. The molecular weight excluding hydrogens is 228 g/mol. The molecule has 1 saturated carbocycles. The summed E-state index contributed by atoms with van der Waals surface area (Å²) in [6.45, 7) is 5.29. The van der Waals surface area contributed by atoms with E-state index < -0.39 is 0 Å². The quantitative estimate of drug-likeness (QED) is 0.604. The number of hydrogen-bond acceptors (Lipinski definition) is 3.